The molecule has 1 aliphatic heterocycles. The van der Waals surface area contributed by atoms with E-state index < -0.39 is 10.0 Å². The highest BCUT2D eigenvalue weighted by atomic mass is 35.5. The fourth-order valence-corrected chi connectivity index (χ4v) is 4.90. The predicted molar refractivity (Wildman–Crippen MR) is 124 cm³/mol. The molecule has 0 aliphatic carbocycles. The number of hydrogen-bond acceptors (Lipinski definition) is 6. The zero-order valence-electron chi connectivity index (χ0n) is 17.9. The fraction of sp³-hybridized carbons (Fsp3) is 0.174. The van der Waals surface area contributed by atoms with Gasteiger partial charge in [0.1, 0.15) is 10.6 Å². The lowest BCUT2D eigenvalue weighted by molar-refractivity contribution is 0.0784. The van der Waals surface area contributed by atoms with Crippen molar-refractivity contribution in [3.8, 4) is 17.2 Å². The van der Waals surface area contributed by atoms with Crippen LogP contribution in [0.3, 0.4) is 0 Å². The molecule has 172 valence electrons. The first-order valence-corrected chi connectivity index (χ1v) is 11.7. The molecular formula is C23H21ClN2O6S. The van der Waals surface area contributed by atoms with Crippen molar-refractivity contribution in [1.29, 1.82) is 0 Å². The highest BCUT2D eigenvalue weighted by Crippen LogP contribution is 2.33. The van der Waals surface area contributed by atoms with Gasteiger partial charge in [-0.25, -0.2) is 8.42 Å². The van der Waals surface area contributed by atoms with Gasteiger partial charge >= 0.3 is 0 Å². The van der Waals surface area contributed by atoms with Crippen molar-refractivity contribution < 1.29 is 27.4 Å². The first kappa shape index (κ1) is 22.8. The second-order valence-electron chi connectivity index (χ2n) is 7.33. The number of halogens is 1. The van der Waals surface area contributed by atoms with E-state index in [1.54, 1.807) is 37.4 Å². The molecule has 0 bridgehead atoms. The number of amides is 1. The van der Waals surface area contributed by atoms with Crippen LogP contribution in [0.1, 0.15) is 15.9 Å². The third-order valence-electron chi connectivity index (χ3n) is 5.01. The first-order chi connectivity index (χ1) is 15.8. The number of carbonyl (C=O) groups is 1. The summed E-state index contributed by atoms with van der Waals surface area (Å²) < 4.78 is 44.1. The average Bonchev–Trinajstić information content (AvgIpc) is 3.27. The number of sulfonamides is 1. The molecule has 0 saturated carbocycles. The van der Waals surface area contributed by atoms with Crippen LogP contribution in [0, 0.1) is 0 Å². The van der Waals surface area contributed by atoms with Gasteiger partial charge < -0.3 is 19.1 Å². The van der Waals surface area contributed by atoms with Crippen LogP contribution in [0.15, 0.2) is 65.6 Å². The van der Waals surface area contributed by atoms with Gasteiger partial charge in [-0.2, -0.15) is 0 Å². The van der Waals surface area contributed by atoms with E-state index in [0.29, 0.717) is 29.5 Å². The third-order valence-corrected chi connectivity index (χ3v) is 6.88. The number of carbonyl (C=O) groups excluding carboxylic acids is 1. The second-order valence-corrected chi connectivity index (χ2v) is 9.39. The molecule has 0 spiro atoms. The third kappa shape index (κ3) is 4.99. The van der Waals surface area contributed by atoms with Crippen LogP contribution < -0.4 is 18.9 Å². The molecule has 4 rings (SSSR count). The fourth-order valence-electron chi connectivity index (χ4n) is 3.32. The molecule has 1 heterocycles. The van der Waals surface area contributed by atoms with Gasteiger partial charge in [0.2, 0.25) is 6.79 Å². The molecule has 1 aliphatic rings. The van der Waals surface area contributed by atoms with Crippen LogP contribution in [-0.4, -0.2) is 40.2 Å². The van der Waals surface area contributed by atoms with Gasteiger partial charge in [-0.3, -0.25) is 9.52 Å². The van der Waals surface area contributed by atoms with Crippen molar-refractivity contribution in [3.63, 3.8) is 0 Å². The van der Waals surface area contributed by atoms with Crippen LogP contribution >= 0.6 is 11.6 Å². The maximum atomic E-state index is 13.0. The Morgan fingerprint density at radius 1 is 1.06 bits per heavy atom. The van der Waals surface area contributed by atoms with Gasteiger partial charge in [0.25, 0.3) is 15.9 Å². The summed E-state index contributed by atoms with van der Waals surface area (Å²) in [6.07, 6.45) is 0. The smallest absolute Gasteiger partial charge is 0.263 e. The topological polar surface area (TPSA) is 94.2 Å². The van der Waals surface area contributed by atoms with Gasteiger partial charge in [0, 0.05) is 24.8 Å². The molecule has 10 heteroatoms. The Bertz CT molecular complexity index is 1290. The molecule has 33 heavy (non-hydrogen) atoms. The number of nitrogens with one attached hydrogen (secondary N) is 1. The Balaban J connectivity index is 1.53. The standard InChI is InChI=1S/C23H21ClN2O6S/c1-26(13-15-3-10-20-21(11-15)32-14-31-20)23(27)16-4-9-19(24)22(12-16)33(28,29)25-17-5-7-18(30-2)8-6-17/h3-12,25H,13-14H2,1-2H3. The van der Waals surface area contributed by atoms with Crippen LogP contribution in [-0.2, 0) is 16.6 Å². The lowest BCUT2D eigenvalue weighted by Gasteiger charge is -2.18. The molecule has 0 saturated heterocycles. The predicted octanol–water partition coefficient (Wildman–Crippen LogP) is 4.15. The summed E-state index contributed by atoms with van der Waals surface area (Å²) in [7, 11) is -0.886. The van der Waals surface area contributed by atoms with Gasteiger partial charge in [0.15, 0.2) is 11.5 Å². The van der Waals surface area contributed by atoms with Crippen LogP contribution in [0.25, 0.3) is 0 Å². The number of anilines is 1. The summed E-state index contributed by atoms with van der Waals surface area (Å²) in [6, 6.07) is 16.0. The van der Waals surface area contributed by atoms with Gasteiger partial charge in [-0.1, -0.05) is 17.7 Å². The minimum absolute atomic E-state index is 0.00554. The zero-order chi connectivity index (χ0) is 23.6. The summed E-state index contributed by atoms with van der Waals surface area (Å²) >= 11 is 6.17. The van der Waals surface area contributed by atoms with Crippen molar-refractivity contribution in [3.05, 3.63) is 76.8 Å². The Morgan fingerprint density at radius 2 is 1.79 bits per heavy atom. The number of benzene rings is 3. The van der Waals surface area contributed by atoms with E-state index >= 15 is 0 Å². The van der Waals surface area contributed by atoms with E-state index in [1.165, 1.54) is 30.2 Å². The minimum atomic E-state index is -4.03. The molecule has 0 atom stereocenters. The molecule has 1 amide bonds. The summed E-state index contributed by atoms with van der Waals surface area (Å²) in [5, 5.41) is 0.00554. The van der Waals surface area contributed by atoms with E-state index in [-0.39, 0.29) is 28.2 Å². The van der Waals surface area contributed by atoms with Gasteiger partial charge in [0.05, 0.1) is 12.1 Å². The normalized spacial score (nSPS) is 12.3. The first-order valence-electron chi connectivity index (χ1n) is 9.87. The minimum Gasteiger partial charge on any atom is -0.497 e. The van der Waals surface area contributed by atoms with Crippen molar-refractivity contribution in [2.75, 3.05) is 25.7 Å². The largest absolute Gasteiger partial charge is 0.497 e. The second kappa shape index (κ2) is 9.21. The van der Waals surface area contributed by atoms with E-state index in [9.17, 15) is 13.2 Å². The summed E-state index contributed by atoms with van der Waals surface area (Å²) in [4.78, 5) is 14.3. The molecule has 3 aromatic carbocycles. The molecule has 0 fully saturated rings. The number of nitrogens with zero attached hydrogens (tertiary/aromatic N) is 1. The number of methoxy groups -OCH3 is 1. The summed E-state index contributed by atoms with van der Waals surface area (Å²) in [6.45, 7) is 0.463. The van der Waals surface area contributed by atoms with E-state index in [0.717, 1.165) is 5.56 Å². The van der Waals surface area contributed by atoms with Crippen LogP contribution in [0.5, 0.6) is 17.2 Å². The molecule has 0 radical (unpaired) electrons. The van der Waals surface area contributed by atoms with Crippen LogP contribution in [0.4, 0.5) is 5.69 Å². The van der Waals surface area contributed by atoms with Gasteiger partial charge in [-0.05, 0) is 60.2 Å². The average molecular weight is 489 g/mol. The van der Waals surface area contributed by atoms with E-state index in [2.05, 4.69) is 4.72 Å². The molecular weight excluding hydrogens is 468 g/mol. The maximum absolute atomic E-state index is 13.0. The Hall–Kier alpha value is -3.43. The van der Waals surface area contributed by atoms with Crippen molar-refractivity contribution in [2.45, 2.75) is 11.4 Å². The lowest BCUT2D eigenvalue weighted by Crippen LogP contribution is -2.26. The van der Waals surface area contributed by atoms with E-state index in [1.807, 2.05) is 12.1 Å². The Morgan fingerprint density at radius 3 is 2.52 bits per heavy atom. The Labute approximate surface area is 196 Å². The highest BCUT2D eigenvalue weighted by molar-refractivity contribution is 7.92. The number of fused-ring (bicyclic) bond motifs is 1. The molecule has 3 aromatic rings. The summed E-state index contributed by atoms with van der Waals surface area (Å²) in [5.41, 5.74) is 1.37. The van der Waals surface area contributed by atoms with Crippen molar-refractivity contribution in [1.82, 2.24) is 4.90 Å². The van der Waals surface area contributed by atoms with Gasteiger partial charge in [-0.15, -0.1) is 0 Å². The number of rotatable bonds is 7. The number of hydrogen-bond donors (Lipinski definition) is 1. The van der Waals surface area contributed by atoms with Crippen molar-refractivity contribution in [2.24, 2.45) is 0 Å². The van der Waals surface area contributed by atoms with Crippen molar-refractivity contribution >= 4 is 33.2 Å². The molecule has 8 nitrogen and oxygen atoms in total. The van der Waals surface area contributed by atoms with E-state index in [4.69, 9.17) is 25.8 Å². The summed E-state index contributed by atoms with van der Waals surface area (Å²) in [5.74, 6) is 1.52. The zero-order valence-corrected chi connectivity index (χ0v) is 19.4. The molecule has 0 aromatic heterocycles. The maximum Gasteiger partial charge on any atom is 0.263 e. The highest BCUT2D eigenvalue weighted by Gasteiger charge is 2.22. The lowest BCUT2D eigenvalue weighted by atomic mass is 10.1. The molecule has 1 N–H and O–H groups in total. The molecule has 0 unspecified atom stereocenters. The quantitative estimate of drug-likeness (QED) is 0.537. The number of ether oxygens (including phenoxy) is 3. The monoisotopic (exact) mass is 488 g/mol. The Kier molecular flexibility index (Phi) is 6.35. The SMILES string of the molecule is COc1ccc(NS(=O)(=O)c2cc(C(=O)N(C)Cc3ccc4c(c3)OCO4)ccc2Cl)cc1. The van der Waals surface area contributed by atoms with Crippen LogP contribution in [0.2, 0.25) is 5.02 Å².